The first-order chi connectivity index (χ1) is 10.7. The molecule has 0 saturated heterocycles. The maximum absolute atomic E-state index is 12.0. The van der Waals surface area contributed by atoms with Gasteiger partial charge in [-0.15, -0.1) is 0 Å². The summed E-state index contributed by atoms with van der Waals surface area (Å²) in [5.74, 6) is -0.384. The van der Waals surface area contributed by atoms with Gasteiger partial charge in [0.1, 0.15) is 11.6 Å². The molecule has 4 nitrogen and oxygen atoms in total. The van der Waals surface area contributed by atoms with Gasteiger partial charge in [-0.25, -0.2) is 0 Å². The Labute approximate surface area is 136 Å². The molecule has 22 heavy (non-hydrogen) atoms. The Morgan fingerprint density at radius 3 is 2.73 bits per heavy atom. The molecular formula is C17H20ClN3O. The minimum absolute atomic E-state index is 0.0950. The van der Waals surface area contributed by atoms with E-state index in [2.05, 4.69) is 10.6 Å². The topological polar surface area (TPSA) is 64.9 Å². The smallest absolute Gasteiger partial charge is 0.263 e. The minimum atomic E-state index is -0.384. The number of benzene rings is 1. The maximum Gasteiger partial charge on any atom is 0.263 e. The number of hydrogen-bond donors (Lipinski definition) is 2. The number of amides is 1. The lowest BCUT2D eigenvalue weighted by Gasteiger charge is -2.21. The van der Waals surface area contributed by atoms with E-state index in [1.165, 1.54) is 25.5 Å². The van der Waals surface area contributed by atoms with Crippen molar-refractivity contribution >= 4 is 17.5 Å². The summed E-state index contributed by atoms with van der Waals surface area (Å²) in [6.07, 6.45) is 7.40. The van der Waals surface area contributed by atoms with Crippen LogP contribution in [0.3, 0.4) is 0 Å². The Morgan fingerprint density at radius 1 is 1.32 bits per heavy atom. The molecule has 0 radical (unpaired) electrons. The highest BCUT2D eigenvalue weighted by atomic mass is 35.5. The van der Waals surface area contributed by atoms with Crippen LogP contribution in [0, 0.1) is 11.3 Å². The average Bonchev–Trinajstić information content (AvgIpc) is 2.55. The third-order valence-electron chi connectivity index (χ3n) is 3.83. The molecule has 0 bridgehead atoms. The predicted octanol–water partition coefficient (Wildman–Crippen LogP) is 3.29. The normalized spacial score (nSPS) is 15.9. The van der Waals surface area contributed by atoms with Crippen LogP contribution in [0.15, 0.2) is 36.0 Å². The third-order valence-corrected chi connectivity index (χ3v) is 4.20. The van der Waals surface area contributed by atoms with Crippen LogP contribution in [-0.4, -0.2) is 11.9 Å². The summed E-state index contributed by atoms with van der Waals surface area (Å²) in [4.78, 5) is 12.0. The molecule has 116 valence electrons. The molecule has 0 atom stereocenters. The summed E-state index contributed by atoms with van der Waals surface area (Å²) in [5, 5.41) is 15.7. The van der Waals surface area contributed by atoms with Crippen LogP contribution < -0.4 is 10.6 Å². The molecule has 2 rings (SSSR count). The number of hydrogen-bond acceptors (Lipinski definition) is 3. The summed E-state index contributed by atoms with van der Waals surface area (Å²) in [7, 11) is 0. The number of halogens is 1. The van der Waals surface area contributed by atoms with E-state index in [1.807, 2.05) is 24.3 Å². The zero-order valence-corrected chi connectivity index (χ0v) is 13.2. The van der Waals surface area contributed by atoms with Crippen molar-refractivity contribution in [1.82, 2.24) is 10.6 Å². The molecule has 0 unspecified atom stereocenters. The van der Waals surface area contributed by atoms with Crippen LogP contribution >= 0.6 is 11.6 Å². The summed E-state index contributed by atoms with van der Waals surface area (Å²) in [6, 6.07) is 9.63. The number of carbonyl (C=O) groups is 1. The fraction of sp³-hybridized carbons (Fsp3) is 0.412. The van der Waals surface area contributed by atoms with E-state index in [0.717, 1.165) is 18.4 Å². The Bertz CT molecular complexity index is 586. The molecule has 0 aromatic heterocycles. The van der Waals surface area contributed by atoms with E-state index in [1.54, 1.807) is 6.07 Å². The van der Waals surface area contributed by atoms with Crippen LogP contribution in [-0.2, 0) is 11.3 Å². The molecule has 0 heterocycles. The summed E-state index contributed by atoms with van der Waals surface area (Å²) >= 11 is 6.04. The monoisotopic (exact) mass is 317 g/mol. The molecule has 1 aromatic carbocycles. The van der Waals surface area contributed by atoms with Crippen LogP contribution in [0.4, 0.5) is 0 Å². The molecule has 1 saturated carbocycles. The van der Waals surface area contributed by atoms with Gasteiger partial charge in [-0.3, -0.25) is 4.79 Å². The van der Waals surface area contributed by atoms with Gasteiger partial charge >= 0.3 is 0 Å². The van der Waals surface area contributed by atoms with Crippen LogP contribution in [0.25, 0.3) is 0 Å². The zero-order valence-electron chi connectivity index (χ0n) is 12.4. The second kappa shape index (κ2) is 8.45. The van der Waals surface area contributed by atoms with E-state index >= 15 is 0 Å². The van der Waals surface area contributed by atoms with Crippen LogP contribution in [0.5, 0.6) is 0 Å². The number of carbonyl (C=O) groups excluding carboxylic acids is 1. The fourth-order valence-electron chi connectivity index (χ4n) is 2.53. The lowest BCUT2D eigenvalue weighted by atomic mass is 9.96. The molecule has 1 fully saturated rings. The highest BCUT2D eigenvalue weighted by Crippen LogP contribution is 2.17. The van der Waals surface area contributed by atoms with Crippen molar-refractivity contribution in [1.29, 1.82) is 5.26 Å². The first kappa shape index (κ1) is 16.4. The van der Waals surface area contributed by atoms with E-state index in [0.29, 0.717) is 17.6 Å². The Balaban J connectivity index is 1.88. The summed E-state index contributed by atoms with van der Waals surface area (Å²) in [6.45, 7) is 0.307. The number of rotatable bonds is 5. The highest BCUT2D eigenvalue weighted by molar-refractivity contribution is 6.31. The van der Waals surface area contributed by atoms with Crippen LogP contribution in [0.1, 0.15) is 37.7 Å². The van der Waals surface area contributed by atoms with Crippen molar-refractivity contribution in [3.63, 3.8) is 0 Å². The first-order valence-electron chi connectivity index (χ1n) is 7.58. The van der Waals surface area contributed by atoms with Gasteiger partial charge in [-0.2, -0.15) is 5.26 Å². The van der Waals surface area contributed by atoms with Crippen molar-refractivity contribution < 1.29 is 4.79 Å². The Hall–Kier alpha value is -1.99. The minimum Gasteiger partial charge on any atom is -0.387 e. The second-order valence-electron chi connectivity index (χ2n) is 5.45. The predicted molar refractivity (Wildman–Crippen MR) is 87.0 cm³/mol. The first-order valence-corrected chi connectivity index (χ1v) is 7.96. The average molecular weight is 318 g/mol. The van der Waals surface area contributed by atoms with Crippen molar-refractivity contribution in [2.45, 2.75) is 44.7 Å². The van der Waals surface area contributed by atoms with Crippen molar-refractivity contribution in [3.05, 3.63) is 46.6 Å². The summed E-state index contributed by atoms with van der Waals surface area (Å²) in [5.41, 5.74) is 0.924. The SMILES string of the molecule is N#C/C(=C/NC1CCCCC1)C(=O)NCc1ccccc1Cl. The molecule has 5 heteroatoms. The van der Waals surface area contributed by atoms with Crippen molar-refractivity contribution in [3.8, 4) is 6.07 Å². The molecule has 1 amide bonds. The molecule has 0 spiro atoms. The van der Waals surface area contributed by atoms with E-state index < -0.39 is 0 Å². The molecular weight excluding hydrogens is 298 g/mol. The van der Waals surface area contributed by atoms with Crippen molar-refractivity contribution in [2.75, 3.05) is 0 Å². The van der Waals surface area contributed by atoms with Gasteiger partial charge in [0.05, 0.1) is 0 Å². The summed E-state index contributed by atoms with van der Waals surface area (Å²) < 4.78 is 0. The van der Waals surface area contributed by atoms with Gasteiger partial charge in [0.15, 0.2) is 0 Å². The molecule has 2 N–H and O–H groups in total. The largest absolute Gasteiger partial charge is 0.387 e. The van der Waals surface area contributed by atoms with Gasteiger partial charge in [0, 0.05) is 23.8 Å². The number of nitrogens with one attached hydrogen (secondary N) is 2. The standard InChI is InChI=1S/C17H20ClN3O/c18-16-9-5-4-6-13(16)11-21-17(22)14(10-19)12-20-15-7-2-1-3-8-15/h4-6,9,12,15,20H,1-3,7-8,11H2,(H,21,22)/b14-12-. The zero-order chi connectivity index (χ0) is 15.8. The lowest BCUT2D eigenvalue weighted by Crippen LogP contribution is -2.29. The highest BCUT2D eigenvalue weighted by Gasteiger charge is 2.13. The van der Waals surface area contributed by atoms with Gasteiger partial charge in [0.25, 0.3) is 5.91 Å². The molecule has 1 aliphatic rings. The van der Waals surface area contributed by atoms with Gasteiger partial charge < -0.3 is 10.6 Å². The van der Waals surface area contributed by atoms with E-state index in [-0.39, 0.29) is 11.5 Å². The molecule has 0 aliphatic heterocycles. The Kier molecular flexibility index (Phi) is 6.29. The van der Waals surface area contributed by atoms with E-state index in [9.17, 15) is 4.79 Å². The quantitative estimate of drug-likeness (QED) is 0.647. The molecule has 1 aromatic rings. The number of nitriles is 1. The third kappa shape index (κ3) is 4.78. The Morgan fingerprint density at radius 2 is 2.05 bits per heavy atom. The fourth-order valence-corrected chi connectivity index (χ4v) is 2.73. The number of nitrogens with zero attached hydrogens (tertiary/aromatic N) is 1. The van der Waals surface area contributed by atoms with Gasteiger partial charge in [-0.05, 0) is 24.5 Å². The molecule has 1 aliphatic carbocycles. The van der Waals surface area contributed by atoms with Crippen molar-refractivity contribution in [2.24, 2.45) is 0 Å². The second-order valence-corrected chi connectivity index (χ2v) is 5.85. The van der Waals surface area contributed by atoms with Crippen LogP contribution in [0.2, 0.25) is 5.02 Å². The lowest BCUT2D eigenvalue weighted by molar-refractivity contribution is -0.117. The van der Waals surface area contributed by atoms with Gasteiger partial charge in [0.2, 0.25) is 0 Å². The maximum atomic E-state index is 12.0. The van der Waals surface area contributed by atoms with E-state index in [4.69, 9.17) is 16.9 Å². The van der Waals surface area contributed by atoms with Gasteiger partial charge in [-0.1, -0.05) is 49.1 Å².